The number of carbonyl (C=O) groups is 2. The van der Waals surface area contributed by atoms with E-state index in [2.05, 4.69) is 5.32 Å². The Bertz CT molecular complexity index is 780. The van der Waals surface area contributed by atoms with Gasteiger partial charge in [-0.05, 0) is 36.1 Å². The van der Waals surface area contributed by atoms with Gasteiger partial charge in [-0.2, -0.15) is 0 Å². The molecule has 1 N–H and O–H groups in total. The van der Waals surface area contributed by atoms with Crippen molar-refractivity contribution in [3.63, 3.8) is 0 Å². The van der Waals surface area contributed by atoms with Gasteiger partial charge in [-0.1, -0.05) is 54.1 Å². The number of carbonyl (C=O) groups excluding carboxylic acids is 2. The zero-order chi connectivity index (χ0) is 19.2. The van der Waals surface area contributed by atoms with E-state index in [9.17, 15) is 9.59 Å². The predicted octanol–water partition coefficient (Wildman–Crippen LogP) is 3.67. The van der Waals surface area contributed by atoms with Gasteiger partial charge in [0.25, 0.3) is 0 Å². The number of likely N-dealkylation sites (tertiary alicyclic amines) is 1. The van der Waals surface area contributed by atoms with Gasteiger partial charge in [0.1, 0.15) is 6.04 Å². The van der Waals surface area contributed by atoms with Crippen LogP contribution in [0.15, 0.2) is 54.6 Å². The molecule has 1 fully saturated rings. The standard InChI is InChI=1S/C21H24ClN3O2/c1-24(15-17-9-11-18(22)12-10-17)20(26)19-8-5-13-25(19)21(27)23-14-16-6-3-2-4-7-16/h2-4,6-7,9-12,19H,5,8,13-15H2,1H3,(H,23,27)/t19-/m1/s1. The number of benzene rings is 2. The van der Waals surface area contributed by atoms with Crippen molar-refractivity contribution in [2.75, 3.05) is 13.6 Å². The van der Waals surface area contributed by atoms with Crippen molar-refractivity contribution in [3.8, 4) is 0 Å². The van der Waals surface area contributed by atoms with E-state index >= 15 is 0 Å². The van der Waals surface area contributed by atoms with Gasteiger partial charge in [-0.15, -0.1) is 0 Å². The zero-order valence-electron chi connectivity index (χ0n) is 15.4. The van der Waals surface area contributed by atoms with Gasteiger partial charge in [0.05, 0.1) is 0 Å². The molecule has 142 valence electrons. The summed E-state index contributed by atoms with van der Waals surface area (Å²) in [4.78, 5) is 28.8. The number of halogens is 1. The molecule has 1 saturated heterocycles. The summed E-state index contributed by atoms with van der Waals surface area (Å²) in [6.07, 6.45) is 1.53. The third-order valence-electron chi connectivity index (χ3n) is 4.79. The smallest absolute Gasteiger partial charge is 0.318 e. The fourth-order valence-electron chi connectivity index (χ4n) is 3.34. The lowest BCUT2D eigenvalue weighted by Crippen LogP contribution is -2.49. The van der Waals surface area contributed by atoms with Gasteiger partial charge in [0.2, 0.25) is 5.91 Å². The molecule has 3 amide bonds. The Hall–Kier alpha value is -2.53. The van der Waals surface area contributed by atoms with E-state index in [0.717, 1.165) is 17.5 Å². The van der Waals surface area contributed by atoms with Gasteiger partial charge < -0.3 is 15.1 Å². The fraction of sp³-hybridized carbons (Fsp3) is 0.333. The molecule has 1 heterocycles. The molecule has 2 aromatic rings. The summed E-state index contributed by atoms with van der Waals surface area (Å²) in [5.41, 5.74) is 2.04. The first-order chi connectivity index (χ1) is 13.0. The molecule has 0 radical (unpaired) electrons. The number of urea groups is 1. The number of hydrogen-bond acceptors (Lipinski definition) is 2. The van der Waals surface area contributed by atoms with Crippen LogP contribution in [0.5, 0.6) is 0 Å². The molecule has 0 saturated carbocycles. The van der Waals surface area contributed by atoms with Crippen molar-refractivity contribution in [1.82, 2.24) is 15.1 Å². The van der Waals surface area contributed by atoms with Crippen LogP contribution in [0.1, 0.15) is 24.0 Å². The molecule has 0 bridgehead atoms. The largest absolute Gasteiger partial charge is 0.340 e. The first-order valence-electron chi connectivity index (χ1n) is 9.12. The molecular weight excluding hydrogens is 362 g/mol. The lowest BCUT2D eigenvalue weighted by Gasteiger charge is -2.28. The van der Waals surface area contributed by atoms with E-state index in [-0.39, 0.29) is 11.9 Å². The van der Waals surface area contributed by atoms with Crippen LogP contribution in [0.4, 0.5) is 4.79 Å². The van der Waals surface area contributed by atoms with E-state index in [1.54, 1.807) is 16.8 Å². The Morgan fingerprint density at radius 1 is 1.11 bits per heavy atom. The van der Waals surface area contributed by atoms with E-state index in [1.165, 1.54) is 0 Å². The molecule has 1 atom stereocenters. The van der Waals surface area contributed by atoms with Gasteiger partial charge in [0, 0.05) is 31.7 Å². The normalized spacial score (nSPS) is 16.2. The number of amides is 3. The lowest BCUT2D eigenvalue weighted by atomic mass is 10.1. The predicted molar refractivity (Wildman–Crippen MR) is 106 cm³/mol. The highest BCUT2D eigenvalue weighted by Gasteiger charge is 2.35. The topological polar surface area (TPSA) is 52.7 Å². The molecule has 27 heavy (non-hydrogen) atoms. The number of rotatable bonds is 5. The molecule has 0 aliphatic carbocycles. The molecule has 0 unspecified atom stereocenters. The minimum atomic E-state index is -0.405. The number of nitrogens with zero attached hydrogens (tertiary/aromatic N) is 2. The van der Waals surface area contributed by atoms with Crippen LogP contribution >= 0.6 is 11.6 Å². The summed E-state index contributed by atoms with van der Waals surface area (Å²) in [5.74, 6) is -0.0303. The minimum Gasteiger partial charge on any atom is -0.340 e. The summed E-state index contributed by atoms with van der Waals surface area (Å²) < 4.78 is 0. The van der Waals surface area contributed by atoms with Crippen LogP contribution in [0.2, 0.25) is 5.02 Å². The third kappa shape index (κ3) is 5.01. The van der Waals surface area contributed by atoms with E-state index in [4.69, 9.17) is 11.6 Å². The zero-order valence-corrected chi connectivity index (χ0v) is 16.2. The van der Waals surface area contributed by atoms with E-state index < -0.39 is 6.04 Å². The SMILES string of the molecule is CN(Cc1ccc(Cl)cc1)C(=O)[C@H]1CCCN1C(=O)NCc1ccccc1. The Balaban J connectivity index is 1.58. The van der Waals surface area contributed by atoms with Crippen molar-refractivity contribution in [3.05, 3.63) is 70.7 Å². The van der Waals surface area contributed by atoms with Gasteiger partial charge in [-0.25, -0.2) is 4.79 Å². The summed E-state index contributed by atoms with van der Waals surface area (Å²) >= 11 is 5.91. The minimum absolute atomic E-state index is 0.0303. The second kappa shape index (κ2) is 8.91. The average Bonchev–Trinajstić information content (AvgIpc) is 3.18. The lowest BCUT2D eigenvalue weighted by molar-refractivity contribution is -0.134. The highest BCUT2D eigenvalue weighted by Crippen LogP contribution is 2.20. The van der Waals surface area contributed by atoms with Gasteiger partial charge in [0.15, 0.2) is 0 Å². The first-order valence-corrected chi connectivity index (χ1v) is 9.50. The monoisotopic (exact) mass is 385 g/mol. The molecule has 6 heteroatoms. The molecule has 5 nitrogen and oxygen atoms in total. The highest BCUT2D eigenvalue weighted by atomic mass is 35.5. The summed E-state index contributed by atoms with van der Waals surface area (Å²) in [5, 5.41) is 3.59. The third-order valence-corrected chi connectivity index (χ3v) is 5.05. The first kappa shape index (κ1) is 19.2. The summed E-state index contributed by atoms with van der Waals surface area (Å²) in [7, 11) is 1.77. The van der Waals surface area contributed by atoms with Crippen LogP contribution in [0.25, 0.3) is 0 Å². The van der Waals surface area contributed by atoms with Crippen molar-refractivity contribution >= 4 is 23.5 Å². The van der Waals surface area contributed by atoms with E-state index in [1.807, 2.05) is 54.6 Å². The number of hydrogen-bond donors (Lipinski definition) is 1. The van der Waals surface area contributed by atoms with Crippen LogP contribution in [0.3, 0.4) is 0 Å². The second-order valence-corrected chi connectivity index (χ2v) is 7.25. The maximum absolute atomic E-state index is 12.9. The molecule has 0 spiro atoms. The average molecular weight is 386 g/mol. The van der Waals surface area contributed by atoms with Crippen molar-refractivity contribution in [1.29, 1.82) is 0 Å². The maximum Gasteiger partial charge on any atom is 0.318 e. The Labute approximate surface area is 164 Å². The van der Waals surface area contributed by atoms with Gasteiger partial charge in [-0.3, -0.25) is 4.79 Å². The number of likely N-dealkylation sites (N-methyl/N-ethyl adjacent to an activating group) is 1. The Kier molecular flexibility index (Phi) is 6.35. The summed E-state index contributed by atoms with van der Waals surface area (Å²) in [6, 6.07) is 16.6. The van der Waals surface area contributed by atoms with Crippen molar-refractivity contribution < 1.29 is 9.59 Å². The molecule has 1 aliphatic rings. The second-order valence-electron chi connectivity index (χ2n) is 6.82. The van der Waals surface area contributed by atoms with Gasteiger partial charge >= 0.3 is 6.03 Å². The highest BCUT2D eigenvalue weighted by molar-refractivity contribution is 6.30. The van der Waals surface area contributed by atoms with Crippen molar-refractivity contribution in [2.24, 2.45) is 0 Å². The van der Waals surface area contributed by atoms with Crippen LogP contribution in [0, 0.1) is 0 Å². The number of nitrogens with one attached hydrogen (secondary N) is 1. The fourth-order valence-corrected chi connectivity index (χ4v) is 3.46. The van der Waals surface area contributed by atoms with Crippen LogP contribution in [-0.4, -0.2) is 41.4 Å². The Morgan fingerprint density at radius 3 is 2.52 bits per heavy atom. The molecular formula is C21H24ClN3O2. The van der Waals surface area contributed by atoms with Crippen LogP contribution in [-0.2, 0) is 17.9 Å². The summed E-state index contributed by atoms with van der Waals surface area (Å²) in [6.45, 7) is 1.55. The molecule has 2 aromatic carbocycles. The Morgan fingerprint density at radius 2 is 1.81 bits per heavy atom. The van der Waals surface area contributed by atoms with E-state index in [0.29, 0.717) is 31.1 Å². The molecule has 1 aliphatic heterocycles. The molecule has 0 aromatic heterocycles. The molecule has 3 rings (SSSR count). The van der Waals surface area contributed by atoms with Crippen molar-refractivity contribution in [2.45, 2.75) is 32.0 Å². The quantitative estimate of drug-likeness (QED) is 0.853. The maximum atomic E-state index is 12.9. The van der Waals surface area contributed by atoms with Crippen LogP contribution < -0.4 is 5.32 Å².